The van der Waals surface area contributed by atoms with Crippen LogP contribution in [0.25, 0.3) is 0 Å². The first-order valence-corrected chi connectivity index (χ1v) is 7.85. The summed E-state index contributed by atoms with van der Waals surface area (Å²) in [6.07, 6.45) is 6.39. The van der Waals surface area contributed by atoms with Crippen molar-refractivity contribution in [3.8, 4) is 0 Å². The highest BCUT2D eigenvalue weighted by molar-refractivity contribution is 5.49. The van der Waals surface area contributed by atoms with E-state index < -0.39 is 0 Å². The summed E-state index contributed by atoms with van der Waals surface area (Å²) in [7, 11) is 1.65. The fourth-order valence-corrected chi connectivity index (χ4v) is 3.00. The molecule has 6 nitrogen and oxygen atoms in total. The lowest BCUT2D eigenvalue weighted by molar-refractivity contribution is 0.178. The van der Waals surface area contributed by atoms with E-state index in [0.717, 1.165) is 24.8 Å². The minimum atomic E-state index is 0.398. The molecule has 1 atom stereocenters. The standard InChI is InChI=1S/C15H27N5O/c1-3-5-12-6-4-8-20(9-7-12)15-10-13(19-16)17-14(18-15)11-21-2/h10,12H,3-9,11,16H2,1-2H3,(H,17,18,19). The topological polar surface area (TPSA) is 76.3 Å². The van der Waals surface area contributed by atoms with Crippen LogP contribution in [-0.4, -0.2) is 30.2 Å². The van der Waals surface area contributed by atoms with Crippen LogP contribution < -0.4 is 16.2 Å². The zero-order chi connectivity index (χ0) is 15.1. The number of nitrogens with zero attached hydrogens (tertiary/aromatic N) is 3. The van der Waals surface area contributed by atoms with Crippen LogP contribution in [0.1, 0.15) is 44.9 Å². The number of hydrogen-bond acceptors (Lipinski definition) is 6. The summed E-state index contributed by atoms with van der Waals surface area (Å²) < 4.78 is 5.13. The van der Waals surface area contributed by atoms with Gasteiger partial charge in [0.25, 0.3) is 0 Å². The van der Waals surface area contributed by atoms with Crippen molar-refractivity contribution in [2.45, 2.75) is 45.6 Å². The molecular weight excluding hydrogens is 266 g/mol. The molecule has 1 fully saturated rings. The second-order valence-corrected chi connectivity index (χ2v) is 5.68. The van der Waals surface area contributed by atoms with Crippen LogP contribution in [0.15, 0.2) is 6.07 Å². The van der Waals surface area contributed by atoms with Crippen LogP contribution in [0.4, 0.5) is 11.6 Å². The summed E-state index contributed by atoms with van der Waals surface area (Å²) in [6, 6.07) is 1.92. The van der Waals surface area contributed by atoms with E-state index in [2.05, 4.69) is 27.2 Å². The Bertz CT molecular complexity index is 440. The van der Waals surface area contributed by atoms with Gasteiger partial charge in [-0.25, -0.2) is 15.8 Å². The van der Waals surface area contributed by atoms with E-state index in [0.29, 0.717) is 18.2 Å². The predicted octanol–water partition coefficient (Wildman–Crippen LogP) is 2.32. The van der Waals surface area contributed by atoms with Crippen LogP contribution in [0.5, 0.6) is 0 Å². The fraction of sp³-hybridized carbons (Fsp3) is 0.733. The van der Waals surface area contributed by atoms with Gasteiger partial charge >= 0.3 is 0 Å². The van der Waals surface area contributed by atoms with Crippen LogP contribution in [-0.2, 0) is 11.3 Å². The molecule has 0 saturated carbocycles. The molecule has 0 aromatic carbocycles. The quantitative estimate of drug-likeness (QED) is 0.619. The van der Waals surface area contributed by atoms with Crippen molar-refractivity contribution in [1.82, 2.24) is 9.97 Å². The normalized spacial score (nSPS) is 19.4. The van der Waals surface area contributed by atoms with Crippen molar-refractivity contribution >= 4 is 11.6 Å². The number of anilines is 2. The number of nitrogens with one attached hydrogen (secondary N) is 1. The number of nitrogen functional groups attached to an aromatic ring is 1. The smallest absolute Gasteiger partial charge is 0.158 e. The highest BCUT2D eigenvalue weighted by Gasteiger charge is 2.18. The van der Waals surface area contributed by atoms with Crippen molar-refractivity contribution < 1.29 is 4.74 Å². The zero-order valence-corrected chi connectivity index (χ0v) is 13.1. The van der Waals surface area contributed by atoms with Crippen molar-refractivity contribution in [3.63, 3.8) is 0 Å². The maximum atomic E-state index is 5.51. The summed E-state index contributed by atoms with van der Waals surface area (Å²) in [5, 5.41) is 0. The lowest BCUT2D eigenvalue weighted by Gasteiger charge is -2.22. The number of rotatable bonds is 6. The average molecular weight is 293 g/mol. The maximum Gasteiger partial charge on any atom is 0.158 e. The zero-order valence-electron chi connectivity index (χ0n) is 13.1. The highest BCUT2D eigenvalue weighted by Crippen LogP contribution is 2.25. The summed E-state index contributed by atoms with van der Waals surface area (Å²) in [5.41, 5.74) is 2.62. The molecular formula is C15H27N5O. The monoisotopic (exact) mass is 293 g/mol. The number of nitrogens with two attached hydrogens (primary N) is 1. The van der Waals surface area contributed by atoms with Crippen LogP contribution in [0.2, 0.25) is 0 Å². The first kappa shape index (κ1) is 16.0. The number of ether oxygens (including phenoxy) is 1. The third kappa shape index (κ3) is 4.54. The molecule has 6 heteroatoms. The molecule has 0 spiro atoms. The van der Waals surface area contributed by atoms with Gasteiger partial charge in [0.1, 0.15) is 18.2 Å². The second kappa shape index (κ2) is 8.14. The lowest BCUT2D eigenvalue weighted by Crippen LogP contribution is -2.26. The minimum Gasteiger partial charge on any atom is -0.377 e. The third-order valence-corrected chi connectivity index (χ3v) is 4.05. The third-order valence-electron chi connectivity index (χ3n) is 4.05. The number of methoxy groups -OCH3 is 1. The fourth-order valence-electron chi connectivity index (χ4n) is 3.00. The summed E-state index contributed by atoms with van der Waals surface area (Å²) in [6.45, 7) is 4.77. The van der Waals surface area contributed by atoms with Crippen LogP contribution in [0, 0.1) is 5.92 Å². The molecule has 1 saturated heterocycles. The van der Waals surface area contributed by atoms with Gasteiger partial charge in [0.2, 0.25) is 0 Å². The van der Waals surface area contributed by atoms with E-state index in [-0.39, 0.29) is 0 Å². The van der Waals surface area contributed by atoms with E-state index in [1.165, 1.54) is 32.1 Å². The van der Waals surface area contributed by atoms with E-state index in [1.54, 1.807) is 7.11 Å². The number of hydrogen-bond donors (Lipinski definition) is 2. The highest BCUT2D eigenvalue weighted by atomic mass is 16.5. The predicted molar refractivity (Wildman–Crippen MR) is 85.0 cm³/mol. The Morgan fingerprint density at radius 3 is 2.95 bits per heavy atom. The molecule has 0 bridgehead atoms. The molecule has 3 N–H and O–H groups in total. The van der Waals surface area contributed by atoms with E-state index >= 15 is 0 Å². The van der Waals surface area contributed by atoms with Crippen molar-refractivity contribution in [2.24, 2.45) is 11.8 Å². The molecule has 0 amide bonds. The van der Waals surface area contributed by atoms with Gasteiger partial charge in [-0.1, -0.05) is 19.8 Å². The van der Waals surface area contributed by atoms with Gasteiger partial charge in [0.15, 0.2) is 5.82 Å². The Balaban J connectivity index is 2.11. The molecule has 2 rings (SSSR count). The first-order valence-electron chi connectivity index (χ1n) is 7.85. The van der Waals surface area contributed by atoms with Gasteiger partial charge in [-0.3, -0.25) is 0 Å². The van der Waals surface area contributed by atoms with E-state index in [1.807, 2.05) is 6.07 Å². The molecule has 1 unspecified atom stereocenters. The van der Waals surface area contributed by atoms with E-state index in [4.69, 9.17) is 10.6 Å². The SMILES string of the molecule is CCCC1CCCN(c2cc(NN)nc(COC)n2)CC1. The molecule has 1 aromatic heterocycles. The maximum absolute atomic E-state index is 5.51. The van der Waals surface area contributed by atoms with Crippen molar-refractivity contribution in [2.75, 3.05) is 30.5 Å². The summed E-state index contributed by atoms with van der Waals surface area (Å²) >= 11 is 0. The summed E-state index contributed by atoms with van der Waals surface area (Å²) in [4.78, 5) is 11.3. The number of aromatic nitrogens is 2. The van der Waals surface area contributed by atoms with Crippen molar-refractivity contribution in [1.29, 1.82) is 0 Å². The first-order chi connectivity index (χ1) is 10.3. The average Bonchev–Trinajstić information content (AvgIpc) is 2.73. The number of hydrazine groups is 1. The molecule has 0 radical (unpaired) electrons. The van der Waals surface area contributed by atoms with Crippen molar-refractivity contribution in [3.05, 3.63) is 11.9 Å². The van der Waals surface area contributed by atoms with Crippen LogP contribution in [0.3, 0.4) is 0 Å². The molecule has 1 aromatic rings. The Kier molecular flexibility index (Phi) is 6.20. The molecule has 0 aliphatic carbocycles. The Hall–Kier alpha value is -1.40. The lowest BCUT2D eigenvalue weighted by atomic mass is 9.96. The Morgan fingerprint density at radius 2 is 2.24 bits per heavy atom. The molecule has 1 aliphatic heterocycles. The molecule has 118 valence electrons. The van der Waals surface area contributed by atoms with Gasteiger partial charge in [0.05, 0.1) is 0 Å². The minimum absolute atomic E-state index is 0.398. The van der Waals surface area contributed by atoms with Gasteiger partial charge in [-0.05, 0) is 25.2 Å². The molecule has 2 heterocycles. The Morgan fingerprint density at radius 1 is 1.38 bits per heavy atom. The van der Waals surface area contributed by atoms with Gasteiger partial charge in [0, 0.05) is 26.3 Å². The van der Waals surface area contributed by atoms with Gasteiger partial charge in [-0.2, -0.15) is 0 Å². The summed E-state index contributed by atoms with van der Waals surface area (Å²) in [5.74, 6) is 8.61. The van der Waals surface area contributed by atoms with E-state index in [9.17, 15) is 0 Å². The molecule has 21 heavy (non-hydrogen) atoms. The molecule has 1 aliphatic rings. The largest absolute Gasteiger partial charge is 0.377 e. The van der Waals surface area contributed by atoms with Gasteiger partial charge < -0.3 is 15.1 Å². The second-order valence-electron chi connectivity index (χ2n) is 5.68. The van der Waals surface area contributed by atoms with Gasteiger partial charge in [-0.15, -0.1) is 0 Å². The van der Waals surface area contributed by atoms with Crippen LogP contribution >= 0.6 is 0 Å². The Labute approximate surface area is 127 Å².